The highest BCUT2D eigenvalue weighted by Crippen LogP contribution is 2.46. The van der Waals surface area contributed by atoms with Gasteiger partial charge in [0.1, 0.15) is 5.75 Å². The summed E-state index contributed by atoms with van der Waals surface area (Å²) in [5.41, 5.74) is 1.61. The predicted molar refractivity (Wildman–Crippen MR) is 132 cm³/mol. The van der Waals surface area contributed by atoms with Crippen LogP contribution in [0, 0.1) is 5.92 Å². The van der Waals surface area contributed by atoms with Gasteiger partial charge in [0, 0.05) is 29.6 Å². The van der Waals surface area contributed by atoms with Gasteiger partial charge in [-0.15, -0.1) is 0 Å². The maximum Gasteiger partial charge on any atom is 0.255 e. The second-order valence-corrected chi connectivity index (χ2v) is 11.2. The summed E-state index contributed by atoms with van der Waals surface area (Å²) in [5.74, 6) is 0.814. The molecule has 0 radical (unpaired) electrons. The van der Waals surface area contributed by atoms with Gasteiger partial charge in [0.05, 0.1) is 23.6 Å². The molecule has 8 nitrogen and oxygen atoms in total. The molecule has 0 spiro atoms. The third-order valence-corrected chi connectivity index (χ3v) is 8.27. The van der Waals surface area contributed by atoms with Crippen LogP contribution in [0.2, 0.25) is 0 Å². The molecule has 5 rings (SSSR count). The average Bonchev–Trinajstić information content (AvgIpc) is 3.44. The van der Waals surface area contributed by atoms with Gasteiger partial charge in [-0.2, -0.15) is 4.31 Å². The van der Waals surface area contributed by atoms with E-state index in [1.807, 2.05) is 6.07 Å². The van der Waals surface area contributed by atoms with Crippen LogP contribution in [-0.4, -0.2) is 36.3 Å². The van der Waals surface area contributed by atoms with E-state index in [4.69, 9.17) is 4.74 Å². The van der Waals surface area contributed by atoms with Crippen LogP contribution in [0.25, 0.3) is 0 Å². The van der Waals surface area contributed by atoms with E-state index in [-0.39, 0.29) is 35.0 Å². The smallest absolute Gasteiger partial charge is 0.255 e. The molecule has 2 aliphatic heterocycles. The number of amides is 1. The van der Waals surface area contributed by atoms with Crippen molar-refractivity contribution in [2.24, 2.45) is 5.92 Å². The van der Waals surface area contributed by atoms with Crippen molar-refractivity contribution in [1.29, 1.82) is 0 Å². The van der Waals surface area contributed by atoms with Crippen LogP contribution in [0.4, 0.5) is 5.69 Å². The van der Waals surface area contributed by atoms with Gasteiger partial charge in [0.15, 0.2) is 0 Å². The van der Waals surface area contributed by atoms with Crippen LogP contribution in [0.1, 0.15) is 48.4 Å². The third-order valence-electron chi connectivity index (χ3n) is 6.38. The molecule has 35 heavy (non-hydrogen) atoms. The zero-order valence-corrected chi connectivity index (χ0v) is 20.4. The summed E-state index contributed by atoms with van der Waals surface area (Å²) in [4.78, 5) is 24.9. The third kappa shape index (κ3) is 4.37. The standard InChI is InChI=1S/C26H27N3O5S/c1-17(2)16-34-21-10-6-18(7-11-21)26(31)27-19-8-12-22(13-9-19)35(32,33)28-15-20-14-24(28)23-4-3-5-25(30)29(20)23/h3-13,17,20,24H,14-16H2,1-2H3,(H,27,31). The molecule has 2 aliphatic rings. The number of anilines is 1. The number of sulfonamides is 1. The summed E-state index contributed by atoms with van der Waals surface area (Å²) in [6.45, 7) is 5.01. The lowest BCUT2D eigenvalue weighted by molar-refractivity contribution is 0.102. The zero-order valence-electron chi connectivity index (χ0n) is 19.5. The molecule has 3 heterocycles. The Bertz CT molecular complexity index is 1410. The van der Waals surface area contributed by atoms with E-state index in [0.717, 1.165) is 5.69 Å². The van der Waals surface area contributed by atoms with E-state index in [1.54, 1.807) is 47.0 Å². The number of aromatic nitrogens is 1. The Labute approximate surface area is 204 Å². The van der Waals surface area contributed by atoms with Crippen molar-refractivity contribution in [3.05, 3.63) is 88.3 Å². The summed E-state index contributed by atoms with van der Waals surface area (Å²) in [5, 5.41) is 2.80. The Morgan fingerprint density at radius 2 is 1.77 bits per heavy atom. The van der Waals surface area contributed by atoms with Gasteiger partial charge >= 0.3 is 0 Å². The van der Waals surface area contributed by atoms with Crippen molar-refractivity contribution in [2.45, 2.75) is 37.2 Å². The molecular formula is C26H27N3O5S. The van der Waals surface area contributed by atoms with Gasteiger partial charge in [0.25, 0.3) is 11.5 Å². The van der Waals surface area contributed by atoms with E-state index in [1.165, 1.54) is 22.5 Å². The summed E-state index contributed by atoms with van der Waals surface area (Å²) in [6, 6.07) is 17.6. The number of nitrogens with zero attached hydrogens (tertiary/aromatic N) is 2. The Hall–Kier alpha value is -3.43. The molecule has 3 aromatic rings. The molecule has 1 N–H and O–H groups in total. The van der Waals surface area contributed by atoms with Gasteiger partial charge in [0.2, 0.25) is 10.0 Å². The van der Waals surface area contributed by atoms with Crippen molar-refractivity contribution in [2.75, 3.05) is 18.5 Å². The molecule has 1 aromatic heterocycles. The molecule has 0 aliphatic carbocycles. The first-order valence-corrected chi connectivity index (χ1v) is 13.1. The van der Waals surface area contributed by atoms with Gasteiger partial charge in [-0.05, 0) is 66.9 Å². The number of rotatable bonds is 7. The summed E-state index contributed by atoms with van der Waals surface area (Å²) in [7, 11) is -3.75. The first-order chi connectivity index (χ1) is 16.7. The lowest BCUT2D eigenvalue weighted by Crippen LogP contribution is -2.38. The number of nitrogens with one attached hydrogen (secondary N) is 1. The van der Waals surface area contributed by atoms with Gasteiger partial charge in [-0.1, -0.05) is 19.9 Å². The number of hydrogen-bond donors (Lipinski definition) is 1. The second-order valence-electron chi connectivity index (χ2n) is 9.35. The number of ether oxygens (including phenoxy) is 1. The molecule has 2 aromatic carbocycles. The molecule has 0 saturated carbocycles. The SMILES string of the molecule is CC(C)COc1ccc(C(=O)Nc2ccc(S(=O)(=O)N3CC4CC3c3cccc(=O)n34)cc2)cc1. The second kappa shape index (κ2) is 8.98. The molecule has 2 unspecified atom stereocenters. The van der Waals surface area contributed by atoms with E-state index in [0.29, 0.717) is 35.9 Å². The van der Waals surface area contributed by atoms with Gasteiger partial charge in [-0.25, -0.2) is 8.42 Å². The lowest BCUT2D eigenvalue weighted by atomic mass is 10.2. The van der Waals surface area contributed by atoms with E-state index < -0.39 is 10.0 Å². The Morgan fingerprint density at radius 1 is 1.06 bits per heavy atom. The zero-order chi connectivity index (χ0) is 24.7. The van der Waals surface area contributed by atoms with Crippen molar-refractivity contribution in [1.82, 2.24) is 8.87 Å². The Kier molecular flexibility index (Phi) is 5.98. The van der Waals surface area contributed by atoms with Crippen LogP contribution >= 0.6 is 0 Å². The number of carbonyl (C=O) groups is 1. The van der Waals surface area contributed by atoms with Gasteiger partial charge < -0.3 is 14.6 Å². The fourth-order valence-electron chi connectivity index (χ4n) is 4.70. The molecular weight excluding hydrogens is 466 g/mol. The monoisotopic (exact) mass is 493 g/mol. The number of pyridine rings is 1. The highest BCUT2D eigenvalue weighted by molar-refractivity contribution is 7.89. The largest absolute Gasteiger partial charge is 0.493 e. The van der Waals surface area contributed by atoms with Crippen molar-refractivity contribution in [3.63, 3.8) is 0 Å². The number of hydrogen-bond acceptors (Lipinski definition) is 5. The molecule has 1 amide bonds. The molecule has 2 atom stereocenters. The van der Waals surface area contributed by atoms with Crippen LogP contribution in [0.3, 0.4) is 0 Å². The first kappa shape index (κ1) is 23.3. The molecule has 1 saturated heterocycles. The Morgan fingerprint density at radius 3 is 2.46 bits per heavy atom. The fraction of sp³-hybridized carbons (Fsp3) is 0.308. The maximum absolute atomic E-state index is 13.3. The average molecular weight is 494 g/mol. The van der Waals surface area contributed by atoms with E-state index in [9.17, 15) is 18.0 Å². The molecule has 9 heteroatoms. The van der Waals surface area contributed by atoms with Crippen molar-refractivity contribution in [3.8, 4) is 5.75 Å². The minimum Gasteiger partial charge on any atom is -0.493 e. The first-order valence-electron chi connectivity index (χ1n) is 11.6. The minimum absolute atomic E-state index is 0.0927. The predicted octanol–water partition coefficient (Wildman–Crippen LogP) is 3.83. The summed E-state index contributed by atoms with van der Waals surface area (Å²) < 4.78 is 35.5. The quantitative estimate of drug-likeness (QED) is 0.540. The highest BCUT2D eigenvalue weighted by atomic mass is 32.2. The van der Waals surface area contributed by atoms with Crippen LogP contribution in [-0.2, 0) is 10.0 Å². The molecule has 1 fully saturated rings. The fourth-order valence-corrected chi connectivity index (χ4v) is 6.35. The number of carbonyl (C=O) groups excluding carboxylic acids is 1. The molecule has 2 bridgehead atoms. The van der Waals surface area contributed by atoms with E-state index >= 15 is 0 Å². The molecule has 182 valence electrons. The van der Waals surface area contributed by atoms with E-state index in [2.05, 4.69) is 19.2 Å². The summed E-state index contributed by atoms with van der Waals surface area (Å²) >= 11 is 0. The topological polar surface area (TPSA) is 97.7 Å². The normalized spacial score (nSPS) is 19.1. The van der Waals surface area contributed by atoms with Crippen molar-refractivity contribution >= 4 is 21.6 Å². The maximum atomic E-state index is 13.3. The lowest BCUT2D eigenvalue weighted by Gasteiger charge is -2.28. The Balaban J connectivity index is 1.27. The highest BCUT2D eigenvalue weighted by Gasteiger charge is 2.48. The number of fused-ring (bicyclic) bond motifs is 5. The number of benzene rings is 2. The van der Waals surface area contributed by atoms with Crippen LogP contribution in [0.15, 0.2) is 76.4 Å². The van der Waals surface area contributed by atoms with Gasteiger partial charge in [-0.3, -0.25) is 9.59 Å². The summed E-state index contributed by atoms with van der Waals surface area (Å²) in [6.07, 6.45) is 0.605. The van der Waals surface area contributed by atoms with Crippen molar-refractivity contribution < 1.29 is 17.9 Å². The van der Waals surface area contributed by atoms with Crippen LogP contribution < -0.4 is 15.6 Å². The van der Waals surface area contributed by atoms with Crippen LogP contribution in [0.5, 0.6) is 5.75 Å². The minimum atomic E-state index is -3.75.